The molecule has 4 nitrogen and oxygen atoms in total. The Morgan fingerprint density at radius 3 is 2.84 bits per heavy atom. The van der Waals surface area contributed by atoms with E-state index in [0.29, 0.717) is 0 Å². The number of hydrogen-bond donors (Lipinski definition) is 0. The Labute approximate surface area is 147 Å². The summed E-state index contributed by atoms with van der Waals surface area (Å²) in [6.45, 7) is 3.81. The lowest BCUT2D eigenvalue weighted by molar-refractivity contribution is 0.0601. The number of pyridine rings is 1. The fourth-order valence-corrected chi connectivity index (χ4v) is 4.62. The summed E-state index contributed by atoms with van der Waals surface area (Å²) in [5.74, 6) is 0.132. The predicted molar refractivity (Wildman–Crippen MR) is 97.6 cm³/mol. The number of aryl methyl sites for hydroxylation is 2. The average molecular weight is 331 g/mol. The lowest BCUT2D eigenvalue weighted by Crippen LogP contribution is -2.43. The normalized spacial score (nSPS) is 19.1. The lowest BCUT2D eigenvalue weighted by Gasteiger charge is -2.40. The molecule has 1 aromatic carbocycles. The Bertz CT molecular complexity index is 974. The number of fused-ring (bicyclic) bond motifs is 3. The third-order valence-electron chi connectivity index (χ3n) is 5.72. The molecule has 0 fully saturated rings. The van der Waals surface area contributed by atoms with E-state index in [-0.39, 0.29) is 11.9 Å². The fourth-order valence-electron chi connectivity index (χ4n) is 4.62. The summed E-state index contributed by atoms with van der Waals surface area (Å²) in [5, 5.41) is 1.39. The van der Waals surface area contributed by atoms with Gasteiger partial charge in [-0.3, -0.25) is 9.78 Å². The standard InChI is InChI=1S/C21H21N3O/c1-14-5-6-18-17(13-14)16-3-2-4-19-20(16)23(18)11-12-24(19)21(25)15-7-9-22-10-8-15/h5-10,13,19H,2-4,11-12H2,1H3. The zero-order chi connectivity index (χ0) is 17.0. The van der Waals surface area contributed by atoms with Crippen LogP contribution < -0.4 is 0 Å². The summed E-state index contributed by atoms with van der Waals surface area (Å²) in [5.41, 5.74) is 6.21. The number of amides is 1. The van der Waals surface area contributed by atoms with Crippen LogP contribution in [-0.4, -0.2) is 26.9 Å². The van der Waals surface area contributed by atoms with Crippen LogP contribution in [0, 0.1) is 6.92 Å². The van der Waals surface area contributed by atoms with Crippen molar-refractivity contribution in [2.45, 2.75) is 38.8 Å². The van der Waals surface area contributed by atoms with Gasteiger partial charge < -0.3 is 9.47 Å². The number of rotatable bonds is 1. The second kappa shape index (κ2) is 5.45. The molecule has 1 unspecified atom stereocenters. The van der Waals surface area contributed by atoms with Gasteiger partial charge in [-0.05, 0) is 56.0 Å². The van der Waals surface area contributed by atoms with E-state index < -0.39 is 0 Å². The van der Waals surface area contributed by atoms with Gasteiger partial charge in [0.15, 0.2) is 0 Å². The first-order valence-electron chi connectivity index (χ1n) is 9.06. The molecule has 0 radical (unpaired) electrons. The molecule has 126 valence electrons. The molecule has 2 aliphatic rings. The van der Waals surface area contributed by atoms with Gasteiger partial charge in [0.1, 0.15) is 0 Å². The Morgan fingerprint density at radius 1 is 1.16 bits per heavy atom. The molecule has 3 aromatic rings. The van der Waals surface area contributed by atoms with E-state index in [1.54, 1.807) is 12.4 Å². The molecular weight excluding hydrogens is 310 g/mol. The molecule has 25 heavy (non-hydrogen) atoms. The van der Waals surface area contributed by atoms with Gasteiger partial charge in [0.2, 0.25) is 0 Å². The highest BCUT2D eigenvalue weighted by molar-refractivity contribution is 5.95. The van der Waals surface area contributed by atoms with Crippen molar-refractivity contribution in [2.75, 3.05) is 6.54 Å². The van der Waals surface area contributed by atoms with Crippen LogP contribution in [0.15, 0.2) is 42.7 Å². The van der Waals surface area contributed by atoms with Crippen molar-refractivity contribution in [2.24, 2.45) is 0 Å². The van der Waals surface area contributed by atoms with Crippen LogP contribution in [0.2, 0.25) is 0 Å². The molecule has 0 bridgehead atoms. The smallest absolute Gasteiger partial charge is 0.254 e. The first-order chi connectivity index (χ1) is 12.2. The minimum Gasteiger partial charge on any atom is -0.341 e. The molecule has 0 saturated carbocycles. The van der Waals surface area contributed by atoms with Crippen molar-refractivity contribution in [3.63, 3.8) is 0 Å². The van der Waals surface area contributed by atoms with E-state index in [9.17, 15) is 4.79 Å². The van der Waals surface area contributed by atoms with Crippen molar-refractivity contribution in [3.05, 3.63) is 65.1 Å². The summed E-state index contributed by atoms with van der Waals surface area (Å²) >= 11 is 0. The van der Waals surface area contributed by atoms with E-state index in [4.69, 9.17) is 0 Å². The third-order valence-corrected chi connectivity index (χ3v) is 5.72. The molecular formula is C21H21N3O. The van der Waals surface area contributed by atoms with Gasteiger partial charge in [-0.1, -0.05) is 11.6 Å². The van der Waals surface area contributed by atoms with E-state index in [2.05, 4.69) is 39.6 Å². The van der Waals surface area contributed by atoms with E-state index in [1.165, 1.54) is 27.7 Å². The molecule has 1 aliphatic carbocycles. The van der Waals surface area contributed by atoms with Crippen LogP contribution in [0.1, 0.15) is 46.1 Å². The molecule has 5 rings (SSSR count). The molecule has 1 amide bonds. The zero-order valence-electron chi connectivity index (χ0n) is 14.4. The van der Waals surface area contributed by atoms with E-state index in [0.717, 1.165) is 37.9 Å². The molecule has 1 atom stereocenters. The highest BCUT2D eigenvalue weighted by atomic mass is 16.2. The van der Waals surface area contributed by atoms with Crippen LogP contribution >= 0.6 is 0 Å². The second-order valence-electron chi connectivity index (χ2n) is 7.18. The molecule has 0 saturated heterocycles. The van der Waals surface area contributed by atoms with Gasteiger partial charge in [-0.25, -0.2) is 0 Å². The van der Waals surface area contributed by atoms with Gasteiger partial charge in [0.25, 0.3) is 5.91 Å². The quantitative estimate of drug-likeness (QED) is 0.679. The Balaban J connectivity index is 1.64. The SMILES string of the molecule is Cc1ccc2c(c1)c1c3n2CCN(C(=O)c2ccncc2)C3CCC1. The maximum absolute atomic E-state index is 13.1. The first kappa shape index (κ1) is 14.7. The number of nitrogens with zero attached hydrogens (tertiary/aromatic N) is 3. The molecule has 1 aliphatic heterocycles. The highest BCUT2D eigenvalue weighted by Crippen LogP contribution is 2.43. The summed E-state index contributed by atoms with van der Waals surface area (Å²) in [6, 6.07) is 10.6. The summed E-state index contributed by atoms with van der Waals surface area (Å²) in [4.78, 5) is 19.2. The van der Waals surface area contributed by atoms with E-state index in [1.807, 2.05) is 12.1 Å². The fraction of sp³-hybridized carbons (Fsp3) is 0.333. The van der Waals surface area contributed by atoms with Gasteiger partial charge in [-0.2, -0.15) is 0 Å². The molecule has 0 N–H and O–H groups in total. The zero-order valence-corrected chi connectivity index (χ0v) is 14.4. The lowest BCUT2D eigenvalue weighted by atomic mass is 9.89. The Hall–Kier alpha value is -2.62. The van der Waals surface area contributed by atoms with Crippen molar-refractivity contribution < 1.29 is 4.79 Å². The van der Waals surface area contributed by atoms with Crippen molar-refractivity contribution in [3.8, 4) is 0 Å². The number of benzene rings is 1. The Morgan fingerprint density at radius 2 is 2.00 bits per heavy atom. The number of carbonyl (C=O) groups is 1. The van der Waals surface area contributed by atoms with Crippen molar-refractivity contribution in [1.82, 2.24) is 14.5 Å². The largest absolute Gasteiger partial charge is 0.341 e. The molecule has 3 heterocycles. The van der Waals surface area contributed by atoms with Crippen LogP contribution in [0.4, 0.5) is 0 Å². The van der Waals surface area contributed by atoms with E-state index >= 15 is 0 Å². The van der Waals surface area contributed by atoms with Crippen molar-refractivity contribution >= 4 is 16.8 Å². The monoisotopic (exact) mass is 331 g/mol. The Kier molecular flexibility index (Phi) is 3.20. The third kappa shape index (κ3) is 2.13. The molecule has 4 heteroatoms. The predicted octanol–water partition coefficient (Wildman–Crippen LogP) is 3.88. The van der Waals surface area contributed by atoms with Crippen LogP contribution in [0.25, 0.3) is 10.9 Å². The minimum absolute atomic E-state index is 0.132. The van der Waals surface area contributed by atoms with Crippen LogP contribution in [0.3, 0.4) is 0 Å². The first-order valence-corrected chi connectivity index (χ1v) is 9.06. The maximum atomic E-state index is 13.1. The van der Waals surface area contributed by atoms with Gasteiger partial charge in [0.05, 0.1) is 6.04 Å². The topological polar surface area (TPSA) is 38.1 Å². The molecule has 2 aromatic heterocycles. The average Bonchev–Trinajstić information content (AvgIpc) is 2.97. The van der Waals surface area contributed by atoms with Gasteiger partial charge in [-0.15, -0.1) is 0 Å². The molecule has 0 spiro atoms. The minimum atomic E-state index is 0.132. The summed E-state index contributed by atoms with van der Waals surface area (Å²) in [6.07, 6.45) is 6.71. The van der Waals surface area contributed by atoms with Crippen LogP contribution in [-0.2, 0) is 13.0 Å². The van der Waals surface area contributed by atoms with Gasteiger partial charge in [0, 0.05) is 47.6 Å². The second-order valence-corrected chi connectivity index (χ2v) is 7.18. The number of aromatic nitrogens is 2. The number of carbonyl (C=O) groups excluding carboxylic acids is 1. The van der Waals surface area contributed by atoms with Crippen LogP contribution in [0.5, 0.6) is 0 Å². The van der Waals surface area contributed by atoms with Crippen molar-refractivity contribution in [1.29, 1.82) is 0 Å². The maximum Gasteiger partial charge on any atom is 0.254 e. The summed E-state index contributed by atoms with van der Waals surface area (Å²) < 4.78 is 2.46. The summed E-state index contributed by atoms with van der Waals surface area (Å²) in [7, 11) is 0. The van der Waals surface area contributed by atoms with Gasteiger partial charge >= 0.3 is 0 Å². The number of hydrogen-bond acceptors (Lipinski definition) is 2. The highest BCUT2D eigenvalue weighted by Gasteiger charge is 2.37.